The van der Waals surface area contributed by atoms with E-state index in [0.29, 0.717) is 25.4 Å². The fraction of sp³-hybridized carbons (Fsp3) is 0.533. The van der Waals surface area contributed by atoms with E-state index >= 15 is 0 Å². The van der Waals surface area contributed by atoms with Crippen LogP contribution in [0.25, 0.3) is 0 Å². The Hall–Kier alpha value is -1.59. The molecular weight excluding hydrogens is 256 g/mol. The first-order chi connectivity index (χ1) is 9.74. The molecule has 2 atom stereocenters. The highest BCUT2D eigenvalue weighted by molar-refractivity contribution is 5.78. The molecule has 2 saturated heterocycles. The number of fused-ring (bicyclic) bond motifs is 2. The second-order valence-corrected chi connectivity index (χ2v) is 5.39. The Kier molecular flexibility index (Phi) is 3.89. The number of nitrogens with zero attached hydrogens (tertiary/aromatic N) is 1. The molecule has 2 aliphatic rings. The summed E-state index contributed by atoms with van der Waals surface area (Å²) in [5.74, 6) is 0.736. The third kappa shape index (κ3) is 2.94. The minimum atomic E-state index is 0.0353. The minimum Gasteiger partial charge on any atom is -0.484 e. The van der Waals surface area contributed by atoms with Gasteiger partial charge in [0.2, 0.25) is 0 Å². The summed E-state index contributed by atoms with van der Waals surface area (Å²) in [4.78, 5) is 14.0. The molecule has 0 aromatic heterocycles. The van der Waals surface area contributed by atoms with Crippen molar-refractivity contribution in [2.45, 2.75) is 31.6 Å². The van der Waals surface area contributed by atoms with Gasteiger partial charge in [-0.3, -0.25) is 4.79 Å². The van der Waals surface area contributed by atoms with Crippen molar-refractivity contribution in [1.29, 1.82) is 0 Å². The second kappa shape index (κ2) is 5.81. The van der Waals surface area contributed by atoms with E-state index in [4.69, 9.17) is 15.2 Å². The zero-order valence-corrected chi connectivity index (χ0v) is 11.5. The topological polar surface area (TPSA) is 64.8 Å². The van der Waals surface area contributed by atoms with Gasteiger partial charge < -0.3 is 20.1 Å². The van der Waals surface area contributed by atoms with Gasteiger partial charge in [0.1, 0.15) is 5.75 Å². The van der Waals surface area contributed by atoms with Gasteiger partial charge in [-0.05, 0) is 30.5 Å². The number of likely N-dealkylation sites (tertiary alicyclic amines) is 1. The van der Waals surface area contributed by atoms with Gasteiger partial charge >= 0.3 is 0 Å². The molecule has 108 valence electrons. The molecule has 5 heteroatoms. The number of benzene rings is 1. The normalized spacial score (nSPS) is 24.8. The number of rotatable bonds is 4. The number of carbonyl (C=O) groups excluding carboxylic acids is 1. The standard InChI is InChI=1S/C15H20N2O3/c16-7-11-1-3-12(4-2-11)19-10-15(18)17-8-13-5-6-14(9-17)20-13/h1-4,13-14H,5-10,16H2. The predicted molar refractivity (Wildman–Crippen MR) is 74.3 cm³/mol. The molecule has 2 unspecified atom stereocenters. The van der Waals surface area contributed by atoms with Crippen molar-refractivity contribution in [3.63, 3.8) is 0 Å². The quantitative estimate of drug-likeness (QED) is 0.888. The highest BCUT2D eigenvalue weighted by Gasteiger charge is 2.35. The highest BCUT2D eigenvalue weighted by atomic mass is 16.5. The van der Waals surface area contributed by atoms with Crippen LogP contribution in [0, 0.1) is 0 Å². The lowest BCUT2D eigenvalue weighted by atomic mass is 10.2. The van der Waals surface area contributed by atoms with Crippen molar-refractivity contribution in [3.8, 4) is 5.75 Å². The van der Waals surface area contributed by atoms with Crippen molar-refractivity contribution >= 4 is 5.91 Å². The number of morpholine rings is 1. The van der Waals surface area contributed by atoms with Gasteiger partial charge in [0, 0.05) is 19.6 Å². The zero-order valence-electron chi connectivity index (χ0n) is 11.5. The number of carbonyl (C=O) groups is 1. The molecule has 5 nitrogen and oxygen atoms in total. The summed E-state index contributed by atoms with van der Waals surface area (Å²) in [5, 5.41) is 0. The minimum absolute atomic E-state index is 0.0353. The molecule has 3 rings (SSSR count). The first kappa shape index (κ1) is 13.4. The zero-order chi connectivity index (χ0) is 13.9. The van der Waals surface area contributed by atoms with E-state index in [9.17, 15) is 4.79 Å². The van der Waals surface area contributed by atoms with Crippen LogP contribution in [0.15, 0.2) is 24.3 Å². The molecule has 2 N–H and O–H groups in total. The summed E-state index contributed by atoms with van der Waals surface area (Å²) >= 11 is 0. The summed E-state index contributed by atoms with van der Waals surface area (Å²) < 4.78 is 11.3. The second-order valence-electron chi connectivity index (χ2n) is 5.39. The lowest BCUT2D eigenvalue weighted by molar-refractivity contribution is -0.141. The lowest BCUT2D eigenvalue weighted by Gasteiger charge is -2.32. The van der Waals surface area contributed by atoms with Crippen LogP contribution in [0.3, 0.4) is 0 Å². The maximum absolute atomic E-state index is 12.1. The average molecular weight is 276 g/mol. The molecular formula is C15H20N2O3. The van der Waals surface area contributed by atoms with Crippen LogP contribution in [-0.2, 0) is 16.1 Å². The summed E-state index contributed by atoms with van der Waals surface area (Å²) in [6.07, 6.45) is 2.58. The molecule has 2 fully saturated rings. The van der Waals surface area contributed by atoms with Crippen LogP contribution in [-0.4, -0.2) is 42.7 Å². The van der Waals surface area contributed by atoms with E-state index in [0.717, 1.165) is 18.4 Å². The van der Waals surface area contributed by atoms with Gasteiger partial charge in [0.15, 0.2) is 6.61 Å². The average Bonchev–Trinajstić information content (AvgIpc) is 2.83. The SMILES string of the molecule is NCc1ccc(OCC(=O)N2CC3CCC(C2)O3)cc1. The van der Waals surface area contributed by atoms with Crippen LogP contribution in [0.1, 0.15) is 18.4 Å². The fourth-order valence-electron chi connectivity index (χ4n) is 2.78. The van der Waals surface area contributed by atoms with E-state index in [1.54, 1.807) is 0 Å². The van der Waals surface area contributed by atoms with Crippen molar-refractivity contribution in [1.82, 2.24) is 4.90 Å². The smallest absolute Gasteiger partial charge is 0.260 e. The van der Waals surface area contributed by atoms with Crippen molar-refractivity contribution in [2.75, 3.05) is 19.7 Å². The monoisotopic (exact) mass is 276 g/mol. The fourth-order valence-corrected chi connectivity index (χ4v) is 2.78. The Morgan fingerprint density at radius 2 is 1.90 bits per heavy atom. The number of ether oxygens (including phenoxy) is 2. The van der Waals surface area contributed by atoms with Crippen LogP contribution in [0.2, 0.25) is 0 Å². The molecule has 2 bridgehead atoms. The maximum atomic E-state index is 12.1. The van der Waals surface area contributed by atoms with E-state index in [1.807, 2.05) is 29.2 Å². The molecule has 1 amide bonds. The first-order valence-electron chi connectivity index (χ1n) is 7.09. The van der Waals surface area contributed by atoms with Gasteiger partial charge in [0.25, 0.3) is 5.91 Å². The maximum Gasteiger partial charge on any atom is 0.260 e. The Morgan fingerprint density at radius 1 is 1.25 bits per heavy atom. The van der Waals surface area contributed by atoms with Crippen LogP contribution < -0.4 is 10.5 Å². The van der Waals surface area contributed by atoms with Crippen molar-refractivity contribution < 1.29 is 14.3 Å². The molecule has 0 saturated carbocycles. The third-order valence-corrected chi connectivity index (χ3v) is 3.92. The molecule has 20 heavy (non-hydrogen) atoms. The molecule has 2 heterocycles. The van der Waals surface area contributed by atoms with Gasteiger partial charge in [-0.15, -0.1) is 0 Å². The summed E-state index contributed by atoms with van der Waals surface area (Å²) in [6, 6.07) is 7.51. The van der Waals surface area contributed by atoms with Gasteiger partial charge in [-0.25, -0.2) is 0 Å². The van der Waals surface area contributed by atoms with E-state index in [2.05, 4.69) is 0 Å². The molecule has 1 aromatic carbocycles. The first-order valence-corrected chi connectivity index (χ1v) is 7.09. The van der Waals surface area contributed by atoms with E-state index in [1.165, 1.54) is 0 Å². The molecule has 0 spiro atoms. The molecule has 0 aliphatic carbocycles. The Balaban J connectivity index is 1.51. The van der Waals surface area contributed by atoms with E-state index < -0.39 is 0 Å². The Bertz CT molecular complexity index is 463. The van der Waals surface area contributed by atoms with Crippen LogP contribution >= 0.6 is 0 Å². The van der Waals surface area contributed by atoms with Gasteiger partial charge in [-0.2, -0.15) is 0 Å². The van der Waals surface area contributed by atoms with Gasteiger partial charge in [0.05, 0.1) is 12.2 Å². The summed E-state index contributed by atoms with van der Waals surface area (Å²) in [7, 11) is 0. The number of nitrogens with two attached hydrogens (primary N) is 1. The summed E-state index contributed by atoms with van der Waals surface area (Å²) in [6.45, 7) is 1.99. The molecule has 1 aromatic rings. The largest absolute Gasteiger partial charge is 0.484 e. The van der Waals surface area contributed by atoms with Crippen LogP contribution in [0.5, 0.6) is 5.75 Å². The third-order valence-electron chi connectivity index (χ3n) is 3.92. The lowest BCUT2D eigenvalue weighted by Crippen LogP contribution is -2.47. The molecule has 0 radical (unpaired) electrons. The number of hydrogen-bond acceptors (Lipinski definition) is 4. The van der Waals surface area contributed by atoms with Crippen molar-refractivity contribution in [3.05, 3.63) is 29.8 Å². The van der Waals surface area contributed by atoms with Gasteiger partial charge in [-0.1, -0.05) is 12.1 Å². The highest BCUT2D eigenvalue weighted by Crippen LogP contribution is 2.26. The van der Waals surface area contributed by atoms with Crippen LogP contribution in [0.4, 0.5) is 0 Å². The predicted octanol–water partition coefficient (Wildman–Crippen LogP) is 0.914. The van der Waals surface area contributed by atoms with E-state index in [-0.39, 0.29) is 24.7 Å². The number of amides is 1. The molecule has 2 aliphatic heterocycles. The Morgan fingerprint density at radius 3 is 2.50 bits per heavy atom. The number of hydrogen-bond donors (Lipinski definition) is 1. The Labute approximate surface area is 118 Å². The summed E-state index contributed by atoms with van der Waals surface area (Å²) in [5.41, 5.74) is 6.59. The van der Waals surface area contributed by atoms with Crippen molar-refractivity contribution in [2.24, 2.45) is 5.73 Å².